The lowest BCUT2D eigenvalue weighted by molar-refractivity contribution is -0.134. The summed E-state index contributed by atoms with van der Waals surface area (Å²) in [6, 6.07) is 0.283. The van der Waals surface area contributed by atoms with Gasteiger partial charge in [-0.2, -0.15) is 0 Å². The Bertz CT molecular complexity index is 433. The van der Waals surface area contributed by atoms with Crippen LogP contribution in [0.25, 0.3) is 0 Å². The van der Waals surface area contributed by atoms with Crippen molar-refractivity contribution in [3.05, 3.63) is 0 Å². The molecule has 0 radical (unpaired) electrons. The number of hydrogen-bond acceptors (Lipinski definition) is 5. The van der Waals surface area contributed by atoms with E-state index < -0.39 is 0 Å². The van der Waals surface area contributed by atoms with Crippen molar-refractivity contribution >= 4 is 11.6 Å². The first kappa shape index (κ1) is 26.2. The zero-order valence-electron chi connectivity index (χ0n) is 19.2. The molecule has 0 fully saturated rings. The van der Waals surface area contributed by atoms with Crippen LogP contribution in [-0.2, 0) is 14.3 Å². The molecule has 0 spiro atoms. The molecular weight excluding hydrogens is 340 g/mol. The number of Topliss-reactive ketones (excluding diaryl/α,β-unsaturated/α-hetero) is 2. The summed E-state index contributed by atoms with van der Waals surface area (Å²) in [6.45, 7) is 19.1. The molecule has 0 rings (SSSR count). The van der Waals surface area contributed by atoms with Crippen LogP contribution in [0.2, 0.25) is 0 Å². The first-order chi connectivity index (χ1) is 12.5. The van der Waals surface area contributed by atoms with E-state index in [1.807, 2.05) is 34.7 Å². The number of nitrogens with one attached hydrogen (secondary N) is 1. The smallest absolute Gasteiger partial charge is 0.150 e. The molecule has 0 aliphatic heterocycles. The van der Waals surface area contributed by atoms with E-state index in [0.29, 0.717) is 32.2 Å². The Kier molecular flexibility index (Phi) is 13.0. The Morgan fingerprint density at radius 3 is 1.96 bits per heavy atom. The Balaban J connectivity index is 4.70. The number of ketones is 2. The van der Waals surface area contributed by atoms with E-state index in [1.165, 1.54) is 0 Å². The van der Waals surface area contributed by atoms with Gasteiger partial charge in [-0.05, 0) is 18.9 Å². The van der Waals surface area contributed by atoms with Gasteiger partial charge >= 0.3 is 0 Å². The third kappa shape index (κ3) is 10.4. The van der Waals surface area contributed by atoms with Gasteiger partial charge in [0.2, 0.25) is 0 Å². The predicted molar refractivity (Wildman–Crippen MR) is 113 cm³/mol. The van der Waals surface area contributed by atoms with Gasteiger partial charge in [-0.15, -0.1) is 0 Å². The molecule has 0 heterocycles. The normalized spacial score (nSPS) is 14.6. The van der Waals surface area contributed by atoms with Gasteiger partial charge < -0.3 is 10.1 Å². The molecule has 0 aromatic carbocycles. The van der Waals surface area contributed by atoms with Crippen molar-refractivity contribution in [2.45, 2.75) is 73.9 Å². The minimum atomic E-state index is -0.189. The van der Waals surface area contributed by atoms with Gasteiger partial charge in [0.05, 0.1) is 19.3 Å². The van der Waals surface area contributed by atoms with Gasteiger partial charge in [-0.1, -0.05) is 55.4 Å². The minimum Gasteiger partial charge on any atom is -0.379 e. The van der Waals surface area contributed by atoms with Gasteiger partial charge in [-0.25, -0.2) is 0 Å². The number of ether oxygens (including phenoxy) is 1. The lowest BCUT2D eigenvalue weighted by Gasteiger charge is -2.32. The number of carbonyl (C=O) groups excluding carboxylic acids is 2. The summed E-state index contributed by atoms with van der Waals surface area (Å²) in [5.74, 6) is 0.524. The van der Waals surface area contributed by atoms with E-state index in [4.69, 9.17) is 4.74 Å². The molecule has 1 N–H and O–H groups in total. The second-order valence-electron chi connectivity index (χ2n) is 8.97. The molecule has 0 aromatic rings. The first-order valence-electron chi connectivity index (χ1n) is 10.6. The van der Waals surface area contributed by atoms with Crippen LogP contribution in [0.15, 0.2) is 0 Å². The molecule has 2 atom stereocenters. The topological polar surface area (TPSA) is 58.6 Å². The van der Waals surface area contributed by atoms with Gasteiger partial charge in [0, 0.05) is 37.4 Å². The zero-order valence-corrected chi connectivity index (χ0v) is 19.2. The maximum atomic E-state index is 13.0. The molecule has 0 unspecified atom stereocenters. The zero-order chi connectivity index (χ0) is 21.1. The molecule has 0 amide bonds. The number of rotatable bonds is 15. The quantitative estimate of drug-likeness (QED) is 0.439. The maximum absolute atomic E-state index is 13.0. The highest BCUT2D eigenvalue weighted by Gasteiger charge is 2.32. The second-order valence-corrected chi connectivity index (χ2v) is 8.97. The summed E-state index contributed by atoms with van der Waals surface area (Å²) < 4.78 is 5.68. The summed E-state index contributed by atoms with van der Waals surface area (Å²) >= 11 is 0. The summed E-state index contributed by atoms with van der Waals surface area (Å²) in [7, 11) is 1.98. The van der Waals surface area contributed by atoms with Crippen molar-refractivity contribution in [3.63, 3.8) is 0 Å². The van der Waals surface area contributed by atoms with Gasteiger partial charge in [-0.3, -0.25) is 14.5 Å². The van der Waals surface area contributed by atoms with E-state index in [2.05, 4.69) is 37.9 Å². The van der Waals surface area contributed by atoms with Crippen LogP contribution in [0.4, 0.5) is 0 Å². The molecule has 0 saturated heterocycles. The van der Waals surface area contributed by atoms with Crippen LogP contribution >= 0.6 is 0 Å². The fraction of sp³-hybridized carbons (Fsp3) is 0.909. The molecule has 0 aliphatic rings. The van der Waals surface area contributed by atoms with E-state index in [0.717, 1.165) is 6.54 Å². The van der Waals surface area contributed by atoms with Crippen molar-refractivity contribution in [3.8, 4) is 0 Å². The predicted octanol–water partition coefficient (Wildman–Crippen LogP) is 3.41. The second kappa shape index (κ2) is 13.4. The molecule has 5 heteroatoms. The van der Waals surface area contributed by atoms with Crippen molar-refractivity contribution in [1.82, 2.24) is 10.2 Å². The van der Waals surface area contributed by atoms with Crippen molar-refractivity contribution in [2.75, 3.05) is 33.4 Å². The lowest BCUT2D eigenvalue weighted by atomic mass is 9.80. The maximum Gasteiger partial charge on any atom is 0.150 e. The number of nitrogens with zero attached hydrogens (tertiary/aromatic N) is 1. The number of hydrogen-bond donors (Lipinski definition) is 1. The van der Waals surface area contributed by atoms with E-state index in [1.54, 1.807) is 0 Å². The standard InChI is InChI=1S/C22H44N2O3/c1-15(2)19(22(26)17(5)6)14-20(25)21(16(3)4)24(9)11-13-27-12-10-23-18(7)8/h15-19,21,23H,10-14H2,1-9H3/t19-,21-/m0/s1. The Labute approximate surface area is 167 Å². The van der Waals surface area contributed by atoms with Crippen LogP contribution in [0.5, 0.6) is 0 Å². The van der Waals surface area contributed by atoms with Crippen molar-refractivity contribution < 1.29 is 14.3 Å². The number of carbonyl (C=O) groups is 2. The van der Waals surface area contributed by atoms with Crippen LogP contribution in [-0.4, -0.2) is 61.9 Å². The Morgan fingerprint density at radius 1 is 0.926 bits per heavy atom. The lowest BCUT2D eigenvalue weighted by Crippen LogP contribution is -2.45. The van der Waals surface area contributed by atoms with Crippen molar-refractivity contribution in [2.24, 2.45) is 23.7 Å². The summed E-state index contributed by atoms with van der Waals surface area (Å²) in [6.07, 6.45) is 0.334. The highest BCUT2D eigenvalue weighted by molar-refractivity contribution is 5.91. The summed E-state index contributed by atoms with van der Waals surface area (Å²) in [4.78, 5) is 27.6. The summed E-state index contributed by atoms with van der Waals surface area (Å²) in [5.41, 5.74) is 0. The van der Waals surface area contributed by atoms with Crippen LogP contribution in [0, 0.1) is 23.7 Å². The third-order valence-corrected chi connectivity index (χ3v) is 4.98. The SMILES string of the molecule is CC(C)NCCOCCN(C)[C@H](C(=O)C[C@H](C(=O)C(C)C)C(C)C)C(C)C. The summed E-state index contributed by atoms with van der Waals surface area (Å²) in [5, 5.41) is 3.32. The number of likely N-dealkylation sites (N-methyl/N-ethyl adjacent to an activating group) is 1. The van der Waals surface area contributed by atoms with E-state index in [9.17, 15) is 9.59 Å². The minimum absolute atomic E-state index is 0.0340. The molecule has 0 saturated carbocycles. The van der Waals surface area contributed by atoms with Gasteiger partial charge in [0.1, 0.15) is 5.78 Å². The van der Waals surface area contributed by atoms with Crippen LogP contribution < -0.4 is 5.32 Å². The van der Waals surface area contributed by atoms with Crippen LogP contribution in [0.3, 0.4) is 0 Å². The van der Waals surface area contributed by atoms with Gasteiger partial charge in [0.15, 0.2) is 5.78 Å². The first-order valence-corrected chi connectivity index (χ1v) is 10.6. The third-order valence-electron chi connectivity index (χ3n) is 4.98. The molecule has 0 aromatic heterocycles. The largest absolute Gasteiger partial charge is 0.379 e. The van der Waals surface area contributed by atoms with Crippen LogP contribution in [0.1, 0.15) is 61.8 Å². The van der Waals surface area contributed by atoms with E-state index >= 15 is 0 Å². The average Bonchev–Trinajstić information content (AvgIpc) is 2.54. The fourth-order valence-corrected chi connectivity index (χ4v) is 3.43. The molecular formula is C22H44N2O3. The van der Waals surface area contributed by atoms with Gasteiger partial charge in [0.25, 0.3) is 0 Å². The Morgan fingerprint density at radius 2 is 1.52 bits per heavy atom. The average molecular weight is 385 g/mol. The highest BCUT2D eigenvalue weighted by Crippen LogP contribution is 2.24. The monoisotopic (exact) mass is 384 g/mol. The molecule has 0 aliphatic carbocycles. The molecule has 0 bridgehead atoms. The molecule has 27 heavy (non-hydrogen) atoms. The fourth-order valence-electron chi connectivity index (χ4n) is 3.43. The molecule has 160 valence electrons. The highest BCUT2D eigenvalue weighted by atomic mass is 16.5. The van der Waals surface area contributed by atoms with Crippen molar-refractivity contribution in [1.29, 1.82) is 0 Å². The molecule has 5 nitrogen and oxygen atoms in total. The Hall–Kier alpha value is -0.780. The van der Waals surface area contributed by atoms with E-state index in [-0.39, 0.29) is 41.3 Å².